The lowest BCUT2D eigenvalue weighted by Gasteiger charge is -1.96. The normalized spacial score (nSPS) is 9.25. The van der Waals surface area contributed by atoms with Gasteiger partial charge < -0.3 is 0 Å². The van der Waals surface area contributed by atoms with E-state index in [-0.39, 0.29) is 0 Å². The van der Waals surface area contributed by atoms with Crippen LogP contribution < -0.4 is 0 Å². The molecule has 5 aromatic carbocycles. The van der Waals surface area contributed by atoms with Crippen LogP contribution in [0.5, 0.6) is 0 Å². The van der Waals surface area contributed by atoms with Gasteiger partial charge in [-0.2, -0.15) is 0 Å². The van der Waals surface area contributed by atoms with E-state index < -0.39 is 0 Å². The Kier molecular flexibility index (Phi) is 16.4. The minimum Gasteiger partial charge on any atom is -0.0622 e. The summed E-state index contributed by atoms with van der Waals surface area (Å²) in [5.74, 6) is 0. The van der Waals surface area contributed by atoms with Crippen LogP contribution in [-0.2, 0) is 0 Å². The molecule has 0 saturated heterocycles. The first kappa shape index (κ1) is 34.1. The predicted molar refractivity (Wildman–Crippen MR) is 180 cm³/mol. The molecule has 210 valence electrons. The van der Waals surface area contributed by atoms with Crippen LogP contribution in [0.15, 0.2) is 121 Å². The van der Waals surface area contributed by atoms with Gasteiger partial charge in [-0.05, 0) is 80.4 Å². The van der Waals surface area contributed by atoms with Crippen molar-refractivity contribution >= 4 is 0 Å². The van der Waals surface area contributed by atoms with Gasteiger partial charge in [0.05, 0.1) is 0 Å². The van der Waals surface area contributed by atoms with Crippen molar-refractivity contribution in [3.63, 3.8) is 0 Å². The van der Waals surface area contributed by atoms with Gasteiger partial charge in [0.2, 0.25) is 0 Å². The smallest absolute Gasteiger partial charge is 0.0395 e. The minimum absolute atomic E-state index is 1.32. The Bertz CT molecular complexity index is 1250. The zero-order valence-corrected chi connectivity index (χ0v) is 26.5. The molecule has 0 spiro atoms. The lowest BCUT2D eigenvalue weighted by molar-refractivity contribution is 1.32. The number of hydrogen-bond donors (Lipinski definition) is 0. The SMILES string of the molecule is Cc1cc(C)cc(C)c1.Cc1ccc(C)cc1.Cc1cccc(C)c1.Cc1ccccc1.Cc1ccccc1C. The van der Waals surface area contributed by atoms with Gasteiger partial charge in [-0.25, -0.2) is 0 Å². The molecule has 0 bridgehead atoms. The first-order valence-electron chi connectivity index (χ1n) is 14.1. The van der Waals surface area contributed by atoms with E-state index >= 15 is 0 Å². The number of aryl methyl sites for hydroxylation is 10. The highest BCUT2D eigenvalue weighted by molar-refractivity contribution is 5.27. The Morgan fingerprint density at radius 2 is 0.500 bits per heavy atom. The Hall–Kier alpha value is -3.90. The van der Waals surface area contributed by atoms with E-state index in [0.29, 0.717) is 0 Å². The van der Waals surface area contributed by atoms with E-state index in [0.717, 1.165) is 0 Å². The molecular formula is C40H50. The number of benzene rings is 5. The lowest BCUT2D eigenvalue weighted by atomic mass is 10.1. The fourth-order valence-corrected chi connectivity index (χ4v) is 3.84. The van der Waals surface area contributed by atoms with Crippen molar-refractivity contribution in [3.8, 4) is 0 Å². The third-order valence-electron chi connectivity index (χ3n) is 6.12. The predicted octanol–water partition coefficient (Wildman–Crippen LogP) is 11.5. The van der Waals surface area contributed by atoms with Gasteiger partial charge in [0.1, 0.15) is 0 Å². The molecule has 0 heteroatoms. The second-order valence-corrected chi connectivity index (χ2v) is 10.7. The highest BCUT2D eigenvalue weighted by Crippen LogP contribution is 2.06. The zero-order chi connectivity index (χ0) is 29.9. The molecule has 0 aliphatic rings. The first-order valence-corrected chi connectivity index (χ1v) is 14.1. The van der Waals surface area contributed by atoms with Gasteiger partial charge in [0, 0.05) is 0 Å². The van der Waals surface area contributed by atoms with Gasteiger partial charge in [0.15, 0.2) is 0 Å². The van der Waals surface area contributed by atoms with Crippen molar-refractivity contribution in [2.75, 3.05) is 0 Å². The van der Waals surface area contributed by atoms with E-state index in [1.165, 1.54) is 55.6 Å². The topological polar surface area (TPSA) is 0 Å². The van der Waals surface area contributed by atoms with Crippen molar-refractivity contribution in [2.45, 2.75) is 69.2 Å². The van der Waals surface area contributed by atoms with E-state index in [1.807, 2.05) is 18.2 Å². The Labute approximate surface area is 245 Å². The van der Waals surface area contributed by atoms with Crippen LogP contribution >= 0.6 is 0 Å². The summed E-state index contributed by atoms with van der Waals surface area (Å²) in [6, 6.07) is 42.1. The van der Waals surface area contributed by atoms with Crippen LogP contribution in [0.4, 0.5) is 0 Å². The molecule has 0 nitrogen and oxygen atoms in total. The van der Waals surface area contributed by atoms with Gasteiger partial charge in [-0.1, -0.05) is 166 Å². The van der Waals surface area contributed by atoms with Crippen LogP contribution in [0.3, 0.4) is 0 Å². The molecule has 0 aromatic heterocycles. The minimum atomic E-state index is 1.32. The van der Waals surface area contributed by atoms with Gasteiger partial charge in [0.25, 0.3) is 0 Å². The fourth-order valence-electron chi connectivity index (χ4n) is 3.84. The average Bonchev–Trinajstić information content (AvgIpc) is 2.89. The fraction of sp³-hybridized carbons (Fsp3) is 0.250. The molecular weight excluding hydrogens is 480 g/mol. The summed E-state index contributed by atoms with van der Waals surface area (Å²) in [5.41, 5.74) is 13.5. The molecule has 5 aromatic rings. The summed E-state index contributed by atoms with van der Waals surface area (Å²) in [7, 11) is 0. The third-order valence-corrected chi connectivity index (χ3v) is 6.12. The second kappa shape index (κ2) is 19.2. The summed E-state index contributed by atoms with van der Waals surface area (Å²) in [4.78, 5) is 0. The van der Waals surface area contributed by atoms with E-state index in [1.54, 1.807) is 0 Å². The highest BCUT2D eigenvalue weighted by Gasteiger charge is 1.87. The van der Waals surface area contributed by atoms with Crippen LogP contribution in [0.1, 0.15) is 55.6 Å². The molecule has 0 N–H and O–H groups in total. The molecule has 0 unspecified atom stereocenters. The molecule has 0 atom stereocenters. The maximum Gasteiger partial charge on any atom is -0.0395 e. The standard InChI is InChI=1S/C9H12.3C8H10.C7H8/c1-7-4-8(2)6-9(3)5-7;1-7-3-5-8(2)6-4-7;1-7-4-3-5-8(2)6-7;1-7-5-3-4-6-8(7)2;1-7-5-3-2-4-6-7/h4-6H,1-3H3;3*3-6H,1-2H3;2-6H,1H3. The van der Waals surface area contributed by atoms with Crippen LogP contribution in [0.2, 0.25) is 0 Å². The zero-order valence-electron chi connectivity index (χ0n) is 26.5. The molecule has 5 rings (SSSR count). The van der Waals surface area contributed by atoms with Crippen molar-refractivity contribution in [3.05, 3.63) is 177 Å². The summed E-state index contributed by atoms with van der Waals surface area (Å²) in [5, 5.41) is 0. The van der Waals surface area contributed by atoms with E-state index in [2.05, 4.69) is 172 Å². The van der Waals surface area contributed by atoms with Gasteiger partial charge in [-0.3, -0.25) is 0 Å². The van der Waals surface area contributed by atoms with Crippen molar-refractivity contribution < 1.29 is 0 Å². The summed E-state index contributed by atoms with van der Waals surface area (Å²) >= 11 is 0. The largest absolute Gasteiger partial charge is 0.0622 e. The maximum atomic E-state index is 2.19. The molecule has 0 amide bonds. The maximum absolute atomic E-state index is 2.19. The summed E-state index contributed by atoms with van der Waals surface area (Å²) < 4.78 is 0. The van der Waals surface area contributed by atoms with Crippen LogP contribution in [-0.4, -0.2) is 0 Å². The molecule has 0 fully saturated rings. The summed E-state index contributed by atoms with van der Waals surface area (Å²) in [6.45, 7) is 21.1. The first-order chi connectivity index (χ1) is 19.0. The van der Waals surface area contributed by atoms with Gasteiger partial charge >= 0.3 is 0 Å². The third kappa shape index (κ3) is 16.8. The molecule has 0 aliphatic heterocycles. The summed E-state index contributed by atoms with van der Waals surface area (Å²) in [6.07, 6.45) is 0. The van der Waals surface area contributed by atoms with E-state index in [9.17, 15) is 0 Å². The van der Waals surface area contributed by atoms with Crippen LogP contribution in [0.25, 0.3) is 0 Å². The van der Waals surface area contributed by atoms with Crippen molar-refractivity contribution in [2.24, 2.45) is 0 Å². The quantitative estimate of drug-likeness (QED) is 0.187. The highest BCUT2D eigenvalue weighted by atomic mass is 13.9. The lowest BCUT2D eigenvalue weighted by Crippen LogP contribution is -1.78. The molecule has 0 heterocycles. The molecule has 0 saturated carbocycles. The molecule has 0 radical (unpaired) electrons. The van der Waals surface area contributed by atoms with Crippen molar-refractivity contribution in [1.82, 2.24) is 0 Å². The Morgan fingerprint density at radius 1 is 0.225 bits per heavy atom. The average molecular weight is 531 g/mol. The number of rotatable bonds is 0. The van der Waals surface area contributed by atoms with Crippen molar-refractivity contribution in [1.29, 1.82) is 0 Å². The monoisotopic (exact) mass is 530 g/mol. The molecule has 0 aliphatic carbocycles. The Balaban J connectivity index is 0.000000250. The Morgan fingerprint density at radius 3 is 0.750 bits per heavy atom. The molecule has 40 heavy (non-hydrogen) atoms. The van der Waals surface area contributed by atoms with E-state index in [4.69, 9.17) is 0 Å². The number of hydrogen-bond acceptors (Lipinski definition) is 0. The van der Waals surface area contributed by atoms with Crippen LogP contribution in [0, 0.1) is 69.2 Å². The second-order valence-electron chi connectivity index (χ2n) is 10.7. The van der Waals surface area contributed by atoms with Gasteiger partial charge in [-0.15, -0.1) is 0 Å².